The molecule has 0 fully saturated rings. The van der Waals surface area contributed by atoms with Gasteiger partial charge in [0, 0.05) is 30.9 Å². The van der Waals surface area contributed by atoms with Crippen LogP contribution < -0.4 is 15.5 Å². The Labute approximate surface area is 159 Å². The number of rotatable bonds is 5. The number of benzene rings is 2. The maximum Gasteiger partial charge on any atom is 0.416 e. The van der Waals surface area contributed by atoms with Crippen LogP contribution in [0, 0.1) is 0 Å². The van der Waals surface area contributed by atoms with Crippen molar-refractivity contribution in [2.24, 2.45) is 0 Å². The highest BCUT2D eigenvalue weighted by atomic mass is 19.4. The molecule has 0 atom stereocenters. The minimum Gasteiger partial charge on any atom is -0.326 e. The fourth-order valence-electron chi connectivity index (χ4n) is 2.43. The molecule has 0 heterocycles. The first-order chi connectivity index (χ1) is 13.1. The number of hydrogen-bond acceptors (Lipinski definition) is 3. The monoisotopic (exact) mass is 393 g/mol. The van der Waals surface area contributed by atoms with Crippen LogP contribution in [0.1, 0.15) is 19.4 Å². The molecule has 0 saturated heterocycles. The van der Waals surface area contributed by atoms with Crippen molar-refractivity contribution >= 4 is 34.8 Å². The van der Waals surface area contributed by atoms with E-state index in [9.17, 15) is 27.6 Å². The van der Waals surface area contributed by atoms with Gasteiger partial charge in [0.25, 0.3) is 0 Å². The van der Waals surface area contributed by atoms with Crippen LogP contribution in [0.2, 0.25) is 0 Å². The van der Waals surface area contributed by atoms with Gasteiger partial charge in [-0.3, -0.25) is 14.4 Å². The van der Waals surface area contributed by atoms with E-state index in [-0.39, 0.29) is 18.1 Å². The Hall–Kier alpha value is -3.36. The Morgan fingerprint density at radius 1 is 0.929 bits per heavy atom. The van der Waals surface area contributed by atoms with Gasteiger partial charge in [-0.25, -0.2) is 0 Å². The summed E-state index contributed by atoms with van der Waals surface area (Å²) in [6, 6.07) is 10.4. The summed E-state index contributed by atoms with van der Waals surface area (Å²) in [5.41, 5.74) is 0.194. The zero-order valence-corrected chi connectivity index (χ0v) is 15.1. The van der Waals surface area contributed by atoms with E-state index in [1.807, 2.05) is 0 Å². The van der Waals surface area contributed by atoms with E-state index >= 15 is 0 Å². The topological polar surface area (TPSA) is 78.5 Å². The third-order valence-corrected chi connectivity index (χ3v) is 3.66. The van der Waals surface area contributed by atoms with E-state index in [1.54, 1.807) is 18.2 Å². The van der Waals surface area contributed by atoms with Crippen molar-refractivity contribution in [1.82, 2.24) is 0 Å². The summed E-state index contributed by atoms with van der Waals surface area (Å²) in [4.78, 5) is 36.6. The largest absolute Gasteiger partial charge is 0.416 e. The van der Waals surface area contributed by atoms with Crippen LogP contribution in [-0.4, -0.2) is 24.3 Å². The van der Waals surface area contributed by atoms with Crippen LogP contribution in [0.3, 0.4) is 0 Å². The van der Waals surface area contributed by atoms with Gasteiger partial charge in [0.2, 0.25) is 17.7 Å². The predicted octanol–water partition coefficient (Wildman–Crippen LogP) is 3.66. The number of carbonyl (C=O) groups is 3. The third-order valence-electron chi connectivity index (χ3n) is 3.66. The van der Waals surface area contributed by atoms with Crippen LogP contribution in [-0.2, 0) is 20.6 Å². The summed E-state index contributed by atoms with van der Waals surface area (Å²) in [6.07, 6.45) is -4.47. The molecular weight excluding hydrogens is 375 g/mol. The molecule has 0 radical (unpaired) electrons. The molecule has 6 nitrogen and oxygen atoms in total. The second kappa shape index (κ2) is 8.55. The SMILES string of the molecule is CC(=O)Nc1cccc(N(CC(=O)Nc2ccc(C(F)(F)F)cc2)C(C)=O)c1. The zero-order chi connectivity index (χ0) is 20.9. The quantitative estimate of drug-likeness (QED) is 0.814. The van der Waals surface area contributed by atoms with Crippen molar-refractivity contribution in [3.05, 3.63) is 54.1 Å². The lowest BCUT2D eigenvalue weighted by Crippen LogP contribution is -2.36. The van der Waals surface area contributed by atoms with E-state index in [1.165, 1.54) is 24.8 Å². The molecule has 0 unspecified atom stereocenters. The van der Waals surface area contributed by atoms with Gasteiger partial charge in [-0.15, -0.1) is 0 Å². The smallest absolute Gasteiger partial charge is 0.326 e. The first-order valence-corrected chi connectivity index (χ1v) is 8.19. The molecule has 2 aromatic rings. The number of carbonyl (C=O) groups excluding carboxylic acids is 3. The molecule has 9 heteroatoms. The number of alkyl halides is 3. The number of halogens is 3. The molecule has 3 amide bonds. The summed E-state index contributed by atoms with van der Waals surface area (Å²) in [5.74, 6) is -1.28. The van der Waals surface area contributed by atoms with Crippen LogP contribution >= 0.6 is 0 Å². The lowest BCUT2D eigenvalue weighted by Gasteiger charge is -2.21. The molecule has 0 aliphatic carbocycles. The van der Waals surface area contributed by atoms with Crippen molar-refractivity contribution in [2.45, 2.75) is 20.0 Å². The van der Waals surface area contributed by atoms with Crippen molar-refractivity contribution in [3.8, 4) is 0 Å². The second-order valence-corrected chi connectivity index (χ2v) is 5.96. The molecule has 148 valence electrons. The number of nitrogens with zero attached hydrogens (tertiary/aromatic N) is 1. The van der Waals surface area contributed by atoms with Crippen LogP contribution in [0.4, 0.5) is 30.2 Å². The molecule has 28 heavy (non-hydrogen) atoms. The molecular formula is C19H18F3N3O3. The number of hydrogen-bond donors (Lipinski definition) is 2. The van der Waals surface area contributed by atoms with Gasteiger partial charge < -0.3 is 15.5 Å². The first kappa shape index (κ1) is 20.9. The molecule has 0 spiro atoms. The average molecular weight is 393 g/mol. The number of anilines is 3. The van der Waals surface area contributed by atoms with Crippen molar-refractivity contribution in [3.63, 3.8) is 0 Å². The molecule has 2 N–H and O–H groups in total. The van der Waals surface area contributed by atoms with E-state index in [0.717, 1.165) is 24.3 Å². The van der Waals surface area contributed by atoms with E-state index in [4.69, 9.17) is 0 Å². The summed E-state index contributed by atoms with van der Waals surface area (Å²) in [7, 11) is 0. The Bertz CT molecular complexity index is 880. The molecule has 0 aromatic heterocycles. The Balaban J connectivity index is 2.11. The Morgan fingerprint density at radius 3 is 2.11 bits per heavy atom. The highest BCUT2D eigenvalue weighted by Gasteiger charge is 2.30. The molecule has 0 aliphatic heterocycles. The van der Waals surface area contributed by atoms with Gasteiger partial charge in [0.15, 0.2) is 0 Å². The molecule has 0 bridgehead atoms. The predicted molar refractivity (Wildman–Crippen MR) is 98.8 cm³/mol. The molecule has 2 aromatic carbocycles. The lowest BCUT2D eigenvalue weighted by molar-refractivity contribution is -0.137. The summed E-state index contributed by atoms with van der Waals surface area (Å²) in [6.45, 7) is 2.27. The Kier molecular flexibility index (Phi) is 6.40. The van der Waals surface area contributed by atoms with Crippen molar-refractivity contribution in [1.29, 1.82) is 0 Å². The third kappa shape index (κ3) is 5.83. The lowest BCUT2D eigenvalue weighted by atomic mass is 10.2. The molecule has 0 saturated carbocycles. The van der Waals surface area contributed by atoms with Gasteiger partial charge in [0.1, 0.15) is 6.54 Å². The highest BCUT2D eigenvalue weighted by Crippen LogP contribution is 2.29. The second-order valence-electron chi connectivity index (χ2n) is 5.96. The van der Waals surface area contributed by atoms with Gasteiger partial charge in [-0.1, -0.05) is 6.07 Å². The zero-order valence-electron chi connectivity index (χ0n) is 15.1. The van der Waals surface area contributed by atoms with Gasteiger partial charge in [0.05, 0.1) is 5.56 Å². The minimum absolute atomic E-state index is 0.175. The van der Waals surface area contributed by atoms with Crippen LogP contribution in [0.25, 0.3) is 0 Å². The van der Waals surface area contributed by atoms with E-state index in [0.29, 0.717) is 11.4 Å². The fourth-order valence-corrected chi connectivity index (χ4v) is 2.43. The van der Waals surface area contributed by atoms with Gasteiger partial charge in [-0.05, 0) is 42.5 Å². The molecule has 0 aliphatic rings. The molecule has 2 rings (SSSR count). The summed E-state index contributed by atoms with van der Waals surface area (Å²) in [5, 5.41) is 5.03. The van der Waals surface area contributed by atoms with E-state index < -0.39 is 23.6 Å². The minimum atomic E-state index is -4.47. The van der Waals surface area contributed by atoms with E-state index in [2.05, 4.69) is 10.6 Å². The standard InChI is InChI=1S/C19H18F3N3O3/c1-12(26)23-16-4-3-5-17(10-16)25(13(2)27)11-18(28)24-15-8-6-14(7-9-15)19(20,21)22/h3-10H,11H2,1-2H3,(H,23,26)(H,24,28). The normalized spacial score (nSPS) is 10.9. The number of amides is 3. The average Bonchev–Trinajstić information content (AvgIpc) is 2.58. The van der Waals surface area contributed by atoms with Crippen molar-refractivity contribution in [2.75, 3.05) is 22.1 Å². The maximum atomic E-state index is 12.6. The van der Waals surface area contributed by atoms with Crippen LogP contribution in [0.5, 0.6) is 0 Å². The Morgan fingerprint density at radius 2 is 1.57 bits per heavy atom. The highest BCUT2D eigenvalue weighted by molar-refractivity contribution is 6.02. The fraction of sp³-hybridized carbons (Fsp3) is 0.211. The van der Waals surface area contributed by atoms with Crippen LogP contribution in [0.15, 0.2) is 48.5 Å². The number of nitrogens with one attached hydrogen (secondary N) is 2. The summed E-state index contributed by atoms with van der Waals surface area (Å²) >= 11 is 0. The first-order valence-electron chi connectivity index (χ1n) is 8.19. The van der Waals surface area contributed by atoms with Gasteiger partial charge in [-0.2, -0.15) is 13.2 Å². The van der Waals surface area contributed by atoms with Crippen molar-refractivity contribution < 1.29 is 27.6 Å². The maximum absolute atomic E-state index is 12.6. The van der Waals surface area contributed by atoms with Gasteiger partial charge >= 0.3 is 6.18 Å². The summed E-state index contributed by atoms with van der Waals surface area (Å²) < 4.78 is 37.8.